The van der Waals surface area contributed by atoms with E-state index in [9.17, 15) is 0 Å². The average molecular weight is 255 g/mol. The highest BCUT2D eigenvalue weighted by Gasteiger charge is 1.98. The standard InChI is InChI=1S/C13H21NS2/c1-11(2)16-13-6-4-12(5-7-13)10-14-8-3-9-15/h4-7,11,14-15H,3,8-10H2,1-2H3. The zero-order valence-electron chi connectivity index (χ0n) is 10.1. The summed E-state index contributed by atoms with van der Waals surface area (Å²) in [5, 5.41) is 4.06. The van der Waals surface area contributed by atoms with Gasteiger partial charge >= 0.3 is 0 Å². The molecule has 0 atom stereocenters. The summed E-state index contributed by atoms with van der Waals surface area (Å²) in [4.78, 5) is 1.36. The van der Waals surface area contributed by atoms with E-state index < -0.39 is 0 Å². The third kappa shape index (κ3) is 5.83. The van der Waals surface area contributed by atoms with Crippen LogP contribution in [0.5, 0.6) is 0 Å². The lowest BCUT2D eigenvalue weighted by Crippen LogP contribution is -2.14. The molecule has 0 aromatic heterocycles. The minimum absolute atomic E-state index is 0.652. The molecule has 0 aliphatic rings. The molecule has 0 aliphatic carbocycles. The molecule has 0 radical (unpaired) electrons. The largest absolute Gasteiger partial charge is 0.313 e. The molecular formula is C13H21NS2. The van der Waals surface area contributed by atoms with Crippen molar-refractivity contribution in [2.45, 2.75) is 37.0 Å². The van der Waals surface area contributed by atoms with Crippen LogP contribution in [0.15, 0.2) is 29.2 Å². The van der Waals surface area contributed by atoms with E-state index in [0.29, 0.717) is 5.25 Å². The van der Waals surface area contributed by atoms with Crippen molar-refractivity contribution in [1.82, 2.24) is 5.32 Å². The summed E-state index contributed by atoms with van der Waals surface area (Å²) in [6.07, 6.45) is 1.13. The Morgan fingerprint density at radius 3 is 2.50 bits per heavy atom. The van der Waals surface area contributed by atoms with E-state index in [1.54, 1.807) is 0 Å². The zero-order valence-corrected chi connectivity index (χ0v) is 11.8. The zero-order chi connectivity index (χ0) is 11.8. The molecule has 3 heteroatoms. The van der Waals surface area contributed by atoms with Crippen molar-refractivity contribution in [3.63, 3.8) is 0 Å². The van der Waals surface area contributed by atoms with Crippen molar-refractivity contribution in [2.75, 3.05) is 12.3 Å². The van der Waals surface area contributed by atoms with Gasteiger partial charge in [0.25, 0.3) is 0 Å². The maximum absolute atomic E-state index is 4.18. The van der Waals surface area contributed by atoms with Gasteiger partial charge < -0.3 is 5.32 Å². The van der Waals surface area contributed by atoms with Gasteiger partial charge in [-0.2, -0.15) is 12.6 Å². The second kappa shape index (κ2) is 8.04. The Morgan fingerprint density at radius 2 is 1.94 bits per heavy atom. The molecule has 1 aromatic rings. The third-order valence-corrected chi connectivity index (χ3v) is 3.47. The van der Waals surface area contributed by atoms with E-state index in [-0.39, 0.29) is 0 Å². The van der Waals surface area contributed by atoms with E-state index in [0.717, 1.165) is 25.3 Å². The van der Waals surface area contributed by atoms with Gasteiger partial charge in [-0.05, 0) is 36.4 Å². The van der Waals surface area contributed by atoms with E-state index in [1.165, 1.54) is 10.5 Å². The van der Waals surface area contributed by atoms with Crippen molar-refractivity contribution in [3.05, 3.63) is 29.8 Å². The molecule has 0 saturated heterocycles. The molecule has 1 nitrogen and oxygen atoms in total. The van der Waals surface area contributed by atoms with Gasteiger partial charge in [-0.25, -0.2) is 0 Å². The van der Waals surface area contributed by atoms with Crippen LogP contribution in [0, 0.1) is 0 Å². The lowest BCUT2D eigenvalue weighted by molar-refractivity contribution is 0.679. The molecule has 16 heavy (non-hydrogen) atoms. The van der Waals surface area contributed by atoms with Gasteiger partial charge in [-0.3, -0.25) is 0 Å². The van der Waals surface area contributed by atoms with Crippen molar-refractivity contribution >= 4 is 24.4 Å². The minimum Gasteiger partial charge on any atom is -0.313 e. The Labute approximate surface area is 109 Å². The van der Waals surface area contributed by atoms with Gasteiger partial charge in [0.1, 0.15) is 0 Å². The average Bonchev–Trinajstić information content (AvgIpc) is 2.26. The maximum atomic E-state index is 4.18. The maximum Gasteiger partial charge on any atom is 0.0205 e. The number of rotatable bonds is 7. The van der Waals surface area contributed by atoms with Gasteiger partial charge in [0.15, 0.2) is 0 Å². The van der Waals surface area contributed by atoms with Crippen LogP contribution in [0.4, 0.5) is 0 Å². The molecule has 0 heterocycles. The Hall–Kier alpha value is -0.120. The molecule has 0 saturated carbocycles. The second-order valence-electron chi connectivity index (χ2n) is 4.06. The number of hydrogen-bond acceptors (Lipinski definition) is 3. The summed E-state index contributed by atoms with van der Waals surface area (Å²) in [6.45, 7) is 6.45. The molecule has 0 amide bonds. The quantitative estimate of drug-likeness (QED) is 0.439. The Morgan fingerprint density at radius 1 is 1.25 bits per heavy atom. The van der Waals surface area contributed by atoms with Crippen molar-refractivity contribution in [1.29, 1.82) is 0 Å². The highest BCUT2D eigenvalue weighted by molar-refractivity contribution is 7.99. The Bertz CT molecular complexity index is 282. The minimum atomic E-state index is 0.652. The van der Waals surface area contributed by atoms with Crippen LogP contribution in [0.25, 0.3) is 0 Å². The van der Waals surface area contributed by atoms with Gasteiger partial charge in [0, 0.05) is 16.7 Å². The van der Waals surface area contributed by atoms with Crippen LogP contribution in [0.3, 0.4) is 0 Å². The van der Waals surface area contributed by atoms with E-state index in [2.05, 4.69) is 56.1 Å². The Balaban J connectivity index is 2.33. The number of thiol groups is 1. The molecule has 1 N–H and O–H groups in total. The van der Waals surface area contributed by atoms with Gasteiger partial charge in [-0.15, -0.1) is 11.8 Å². The summed E-state index contributed by atoms with van der Waals surface area (Å²) in [7, 11) is 0. The Kier molecular flexibility index (Phi) is 7.01. The summed E-state index contributed by atoms with van der Waals surface area (Å²) in [5.74, 6) is 0.955. The molecule has 1 aromatic carbocycles. The fraction of sp³-hybridized carbons (Fsp3) is 0.538. The SMILES string of the molecule is CC(C)Sc1ccc(CNCCCS)cc1. The predicted octanol–water partition coefficient (Wildman–Crippen LogP) is 3.60. The molecular weight excluding hydrogens is 234 g/mol. The van der Waals surface area contributed by atoms with Crippen LogP contribution >= 0.6 is 24.4 Å². The molecule has 0 aliphatic heterocycles. The van der Waals surface area contributed by atoms with Crippen LogP contribution < -0.4 is 5.32 Å². The second-order valence-corrected chi connectivity index (χ2v) is 6.16. The van der Waals surface area contributed by atoms with Crippen LogP contribution in [-0.4, -0.2) is 17.5 Å². The topological polar surface area (TPSA) is 12.0 Å². The fourth-order valence-electron chi connectivity index (χ4n) is 1.39. The van der Waals surface area contributed by atoms with E-state index in [4.69, 9.17) is 0 Å². The van der Waals surface area contributed by atoms with Gasteiger partial charge in [0.05, 0.1) is 0 Å². The number of nitrogens with one attached hydrogen (secondary N) is 1. The predicted molar refractivity (Wildman–Crippen MR) is 77.6 cm³/mol. The van der Waals surface area contributed by atoms with E-state index in [1.807, 2.05) is 11.8 Å². The lowest BCUT2D eigenvalue weighted by atomic mass is 10.2. The first kappa shape index (κ1) is 13.9. The highest BCUT2D eigenvalue weighted by atomic mass is 32.2. The smallest absolute Gasteiger partial charge is 0.0205 e. The number of hydrogen-bond donors (Lipinski definition) is 2. The van der Waals surface area contributed by atoms with Crippen LogP contribution in [0.1, 0.15) is 25.8 Å². The molecule has 0 bridgehead atoms. The monoisotopic (exact) mass is 255 g/mol. The lowest BCUT2D eigenvalue weighted by Gasteiger charge is -2.07. The van der Waals surface area contributed by atoms with Crippen molar-refractivity contribution in [2.24, 2.45) is 0 Å². The summed E-state index contributed by atoms with van der Waals surface area (Å²) in [5.41, 5.74) is 1.35. The van der Waals surface area contributed by atoms with Gasteiger partial charge in [0.2, 0.25) is 0 Å². The van der Waals surface area contributed by atoms with E-state index >= 15 is 0 Å². The summed E-state index contributed by atoms with van der Waals surface area (Å²) in [6, 6.07) is 8.83. The first-order valence-electron chi connectivity index (χ1n) is 5.79. The van der Waals surface area contributed by atoms with Crippen LogP contribution in [0.2, 0.25) is 0 Å². The summed E-state index contributed by atoms with van der Waals surface area (Å²) >= 11 is 6.09. The third-order valence-electron chi connectivity index (χ3n) is 2.14. The molecule has 0 fully saturated rings. The molecule has 0 unspecified atom stereocenters. The van der Waals surface area contributed by atoms with Crippen molar-refractivity contribution < 1.29 is 0 Å². The normalized spacial score (nSPS) is 11.0. The molecule has 1 rings (SSSR count). The number of thioether (sulfide) groups is 1. The summed E-state index contributed by atoms with van der Waals surface area (Å²) < 4.78 is 0. The van der Waals surface area contributed by atoms with Crippen molar-refractivity contribution in [3.8, 4) is 0 Å². The fourth-order valence-corrected chi connectivity index (χ4v) is 2.39. The molecule has 0 spiro atoms. The first-order valence-corrected chi connectivity index (χ1v) is 7.30. The molecule has 90 valence electrons. The first-order chi connectivity index (χ1) is 7.72. The van der Waals surface area contributed by atoms with Crippen LogP contribution in [-0.2, 0) is 6.54 Å². The van der Waals surface area contributed by atoms with Gasteiger partial charge in [-0.1, -0.05) is 26.0 Å². The highest BCUT2D eigenvalue weighted by Crippen LogP contribution is 2.22. The number of benzene rings is 1.